The van der Waals surface area contributed by atoms with Crippen molar-refractivity contribution in [1.82, 2.24) is 14.9 Å². The molecule has 1 saturated carbocycles. The molecule has 3 aliphatic rings. The van der Waals surface area contributed by atoms with Crippen molar-refractivity contribution in [2.75, 3.05) is 51.0 Å². The Labute approximate surface area is 148 Å². The number of carbonyl (C=O) groups excluding carboxylic acids is 1. The number of anilines is 1. The van der Waals surface area contributed by atoms with Crippen molar-refractivity contribution < 1.29 is 14.3 Å². The van der Waals surface area contributed by atoms with Crippen LogP contribution in [0.15, 0.2) is 12.3 Å². The molecular formula is C18H26N4O3. The molecule has 0 bridgehead atoms. The summed E-state index contributed by atoms with van der Waals surface area (Å²) in [6.07, 6.45) is 3.78. The molecule has 2 aliphatic heterocycles. The standard InChI is InChI=1S/C18H26N4O3/c1-13-10-14(11-13)18(23)22-6-9-25-12-15(22)17-19-3-2-16(20-17)21-4-7-24-8-5-21/h2-3,13-15H,4-12H2,1H3. The first-order chi connectivity index (χ1) is 12.2. The second kappa shape index (κ2) is 7.25. The number of rotatable bonds is 3. The van der Waals surface area contributed by atoms with Gasteiger partial charge in [-0.1, -0.05) is 6.92 Å². The summed E-state index contributed by atoms with van der Waals surface area (Å²) in [5, 5.41) is 0. The van der Waals surface area contributed by atoms with E-state index in [1.165, 1.54) is 0 Å². The lowest BCUT2D eigenvalue weighted by Gasteiger charge is -2.41. The number of morpholine rings is 2. The van der Waals surface area contributed by atoms with Crippen LogP contribution in [0.3, 0.4) is 0 Å². The van der Waals surface area contributed by atoms with Gasteiger partial charge in [0.25, 0.3) is 0 Å². The van der Waals surface area contributed by atoms with Crippen molar-refractivity contribution >= 4 is 11.7 Å². The molecule has 0 aromatic carbocycles. The number of amides is 1. The van der Waals surface area contributed by atoms with Gasteiger partial charge in [0.1, 0.15) is 11.9 Å². The van der Waals surface area contributed by atoms with Crippen molar-refractivity contribution in [3.05, 3.63) is 18.1 Å². The molecule has 0 N–H and O–H groups in total. The number of nitrogens with zero attached hydrogens (tertiary/aromatic N) is 4. The van der Waals surface area contributed by atoms with Crippen LogP contribution < -0.4 is 4.90 Å². The fraction of sp³-hybridized carbons (Fsp3) is 0.722. The predicted molar refractivity (Wildman–Crippen MR) is 92.2 cm³/mol. The van der Waals surface area contributed by atoms with E-state index in [2.05, 4.69) is 16.8 Å². The Hall–Kier alpha value is -1.73. The van der Waals surface area contributed by atoms with Crippen molar-refractivity contribution in [2.45, 2.75) is 25.8 Å². The lowest BCUT2D eigenvalue weighted by molar-refractivity contribution is -0.149. The van der Waals surface area contributed by atoms with Crippen LogP contribution in [0, 0.1) is 11.8 Å². The Morgan fingerprint density at radius 2 is 1.92 bits per heavy atom. The van der Waals surface area contributed by atoms with E-state index >= 15 is 0 Å². The van der Waals surface area contributed by atoms with Crippen LogP contribution in [0.5, 0.6) is 0 Å². The van der Waals surface area contributed by atoms with Gasteiger partial charge in [-0.2, -0.15) is 0 Å². The Morgan fingerprint density at radius 1 is 1.16 bits per heavy atom. The molecule has 3 heterocycles. The molecule has 7 nitrogen and oxygen atoms in total. The van der Waals surface area contributed by atoms with Gasteiger partial charge in [-0.25, -0.2) is 9.97 Å². The van der Waals surface area contributed by atoms with Gasteiger partial charge in [0.15, 0.2) is 5.82 Å². The molecule has 25 heavy (non-hydrogen) atoms. The number of hydrogen-bond acceptors (Lipinski definition) is 6. The van der Waals surface area contributed by atoms with Crippen molar-refractivity contribution in [3.8, 4) is 0 Å². The number of carbonyl (C=O) groups is 1. The number of aromatic nitrogens is 2. The molecule has 1 amide bonds. The van der Waals surface area contributed by atoms with Gasteiger partial charge in [-0.15, -0.1) is 0 Å². The first-order valence-electron chi connectivity index (χ1n) is 9.26. The average molecular weight is 346 g/mol. The van der Waals surface area contributed by atoms with Crippen LogP contribution in [0.25, 0.3) is 0 Å². The summed E-state index contributed by atoms with van der Waals surface area (Å²) in [4.78, 5) is 26.3. The zero-order valence-electron chi connectivity index (χ0n) is 14.8. The molecule has 1 atom stereocenters. The van der Waals surface area contributed by atoms with E-state index in [1.54, 1.807) is 6.20 Å². The van der Waals surface area contributed by atoms with Gasteiger partial charge < -0.3 is 19.3 Å². The largest absolute Gasteiger partial charge is 0.378 e. The van der Waals surface area contributed by atoms with Gasteiger partial charge in [-0.05, 0) is 24.8 Å². The summed E-state index contributed by atoms with van der Waals surface area (Å²) >= 11 is 0. The second-order valence-corrected chi connectivity index (χ2v) is 7.27. The minimum absolute atomic E-state index is 0.165. The predicted octanol–water partition coefficient (Wildman–Crippen LogP) is 1.26. The van der Waals surface area contributed by atoms with Crippen molar-refractivity contribution in [2.24, 2.45) is 11.8 Å². The van der Waals surface area contributed by atoms with E-state index < -0.39 is 0 Å². The summed E-state index contributed by atoms with van der Waals surface area (Å²) in [5.74, 6) is 2.66. The topological polar surface area (TPSA) is 67.8 Å². The lowest BCUT2D eigenvalue weighted by atomic mass is 9.75. The van der Waals surface area contributed by atoms with Crippen LogP contribution >= 0.6 is 0 Å². The van der Waals surface area contributed by atoms with E-state index in [4.69, 9.17) is 14.5 Å². The monoisotopic (exact) mass is 346 g/mol. The van der Waals surface area contributed by atoms with Crippen molar-refractivity contribution in [1.29, 1.82) is 0 Å². The van der Waals surface area contributed by atoms with Crippen LogP contribution in [0.2, 0.25) is 0 Å². The highest BCUT2D eigenvalue weighted by Crippen LogP contribution is 2.36. The third-order valence-corrected chi connectivity index (χ3v) is 5.43. The molecule has 1 unspecified atom stereocenters. The van der Waals surface area contributed by atoms with E-state index in [0.717, 1.165) is 45.0 Å². The third kappa shape index (κ3) is 3.48. The number of hydrogen-bond donors (Lipinski definition) is 0. The summed E-state index contributed by atoms with van der Waals surface area (Å²) in [6.45, 7) is 7.00. The summed E-state index contributed by atoms with van der Waals surface area (Å²) in [7, 11) is 0. The molecule has 2 saturated heterocycles. The van der Waals surface area contributed by atoms with Gasteiger partial charge in [0.05, 0.1) is 26.4 Å². The van der Waals surface area contributed by atoms with E-state index in [-0.39, 0.29) is 17.9 Å². The van der Waals surface area contributed by atoms with E-state index in [9.17, 15) is 4.79 Å². The highest BCUT2D eigenvalue weighted by atomic mass is 16.5. The summed E-state index contributed by atoms with van der Waals surface area (Å²) < 4.78 is 11.1. The minimum Gasteiger partial charge on any atom is -0.378 e. The molecule has 1 aliphatic carbocycles. The highest BCUT2D eigenvalue weighted by molar-refractivity contribution is 5.80. The normalized spacial score (nSPS) is 30.0. The van der Waals surface area contributed by atoms with E-state index in [1.807, 2.05) is 11.0 Å². The smallest absolute Gasteiger partial charge is 0.226 e. The van der Waals surface area contributed by atoms with Crippen LogP contribution in [-0.4, -0.2) is 66.8 Å². The zero-order valence-corrected chi connectivity index (χ0v) is 14.8. The maximum absolute atomic E-state index is 12.9. The molecule has 7 heteroatoms. The summed E-state index contributed by atoms with van der Waals surface area (Å²) in [5.41, 5.74) is 0. The first-order valence-corrected chi connectivity index (χ1v) is 9.26. The minimum atomic E-state index is -0.182. The highest BCUT2D eigenvalue weighted by Gasteiger charge is 2.39. The molecule has 4 rings (SSSR count). The second-order valence-electron chi connectivity index (χ2n) is 7.27. The zero-order chi connectivity index (χ0) is 17.2. The fourth-order valence-corrected chi connectivity index (χ4v) is 3.91. The Kier molecular flexibility index (Phi) is 4.85. The Balaban J connectivity index is 1.52. The number of ether oxygens (including phenoxy) is 2. The molecule has 136 valence electrons. The summed E-state index contributed by atoms with van der Waals surface area (Å²) in [6, 6.07) is 1.75. The van der Waals surface area contributed by atoms with Gasteiger partial charge >= 0.3 is 0 Å². The Bertz CT molecular complexity index is 614. The molecule has 1 aromatic heterocycles. The molecule has 0 radical (unpaired) electrons. The van der Waals surface area contributed by atoms with Crippen molar-refractivity contribution in [3.63, 3.8) is 0 Å². The van der Waals surface area contributed by atoms with Crippen LogP contribution in [0.1, 0.15) is 31.6 Å². The maximum atomic E-state index is 12.9. The maximum Gasteiger partial charge on any atom is 0.226 e. The molecule has 3 fully saturated rings. The lowest BCUT2D eigenvalue weighted by Crippen LogP contribution is -2.49. The van der Waals surface area contributed by atoms with Gasteiger partial charge in [-0.3, -0.25) is 4.79 Å². The molecular weight excluding hydrogens is 320 g/mol. The first kappa shape index (κ1) is 16.7. The average Bonchev–Trinajstić information content (AvgIpc) is 2.66. The van der Waals surface area contributed by atoms with Crippen LogP contribution in [-0.2, 0) is 14.3 Å². The van der Waals surface area contributed by atoms with Gasteiger partial charge in [0.2, 0.25) is 5.91 Å². The molecule has 1 aromatic rings. The Morgan fingerprint density at radius 3 is 2.68 bits per heavy atom. The van der Waals surface area contributed by atoms with E-state index in [0.29, 0.717) is 31.5 Å². The fourth-order valence-electron chi connectivity index (χ4n) is 3.91. The SMILES string of the molecule is CC1CC(C(=O)N2CCOCC2c2nccc(N3CCOCC3)n2)C1. The molecule has 0 spiro atoms. The van der Waals surface area contributed by atoms with Crippen LogP contribution in [0.4, 0.5) is 5.82 Å². The third-order valence-electron chi connectivity index (χ3n) is 5.43. The quantitative estimate of drug-likeness (QED) is 0.821. The van der Waals surface area contributed by atoms with Gasteiger partial charge in [0, 0.05) is 31.7 Å².